The van der Waals surface area contributed by atoms with Gasteiger partial charge in [-0.15, -0.1) is 0 Å². The predicted molar refractivity (Wildman–Crippen MR) is 68.8 cm³/mol. The van der Waals surface area contributed by atoms with Crippen LogP contribution in [0.25, 0.3) is 0 Å². The Labute approximate surface area is 108 Å². The molecule has 0 saturated heterocycles. The third-order valence-corrected chi connectivity index (χ3v) is 4.23. The topological polar surface area (TPSA) is 76.1 Å². The van der Waals surface area contributed by atoms with Crippen molar-refractivity contribution in [1.29, 1.82) is 0 Å². The van der Waals surface area contributed by atoms with Gasteiger partial charge in [-0.05, 0) is 39.8 Å². The average molecular weight is 270 g/mol. The number of hydrogen-bond acceptors (Lipinski definition) is 4. The van der Waals surface area contributed by atoms with Crippen molar-refractivity contribution in [2.24, 2.45) is 0 Å². The molecule has 1 heterocycles. The summed E-state index contributed by atoms with van der Waals surface area (Å²) < 4.78 is 24.3. The molecule has 0 bridgehead atoms. The van der Waals surface area contributed by atoms with Crippen molar-refractivity contribution in [2.75, 3.05) is 0 Å². The summed E-state index contributed by atoms with van der Waals surface area (Å²) in [6.45, 7) is 6.76. The molecule has 1 aromatic heterocycles. The number of amides is 1. The standard InChI is InChI=1S/C12H18N2O3S/c1-9(11(15)14-12(2,3)4)18(16,17)10-7-5-6-8-13-10/h5-9H,1-4H3,(H,14,15)/t9-/m0/s1. The zero-order valence-corrected chi connectivity index (χ0v) is 11.8. The van der Waals surface area contributed by atoms with Gasteiger partial charge in [-0.1, -0.05) is 6.07 Å². The lowest BCUT2D eigenvalue weighted by Gasteiger charge is -2.23. The molecule has 0 aliphatic carbocycles. The van der Waals surface area contributed by atoms with Gasteiger partial charge in [-0.2, -0.15) is 0 Å². The van der Waals surface area contributed by atoms with Crippen molar-refractivity contribution in [1.82, 2.24) is 10.3 Å². The molecule has 1 N–H and O–H groups in total. The van der Waals surface area contributed by atoms with E-state index in [0.717, 1.165) is 0 Å². The fourth-order valence-electron chi connectivity index (χ4n) is 1.31. The van der Waals surface area contributed by atoms with Gasteiger partial charge in [0.05, 0.1) is 0 Å². The van der Waals surface area contributed by atoms with Gasteiger partial charge in [-0.25, -0.2) is 13.4 Å². The fourth-order valence-corrected chi connectivity index (χ4v) is 2.49. The first-order valence-corrected chi connectivity index (χ1v) is 7.16. The van der Waals surface area contributed by atoms with E-state index in [4.69, 9.17) is 0 Å². The Bertz CT molecular complexity index is 518. The van der Waals surface area contributed by atoms with Crippen LogP contribution in [-0.4, -0.2) is 30.1 Å². The lowest BCUT2D eigenvalue weighted by molar-refractivity contribution is -0.121. The molecular formula is C12H18N2O3S. The van der Waals surface area contributed by atoms with Gasteiger partial charge < -0.3 is 5.32 Å². The number of aromatic nitrogens is 1. The molecule has 0 fully saturated rings. The lowest BCUT2D eigenvalue weighted by atomic mass is 10.1. The van der Waals surface area contributed by atoms with Gasteiger partial charge in [0.2, 0.25) is 15.7 Å². The van der Waals surface area contributed by atoms with E-state index < -0.39 is 26.5 Å². The number of pyridine rings is 1. The first-order valence-electron chi connectivity index (χ1n) is 5.61. The monoisotopic (exact) mass is 270 g/mol. The Balaban J connectivity index is 2.97. The van der Waals surface area contributed by atoms with Crippen LogP contribution < -0.4 is 5.32 Å². The summed E-state index contributed by atoms with van der Waals surface area (Å²) in [7, 11) is -3.73. The predicted octanol–water partition coefficient (Wildman–Crippen LogP) is 1.16. The molecule has 18 heavy (non-hydrogen) atoms. The first-order chi connectivity index (χ1) is 8.14. The van der Waals surface area contributed by atoms with Crippen LogP contribution in [0, 0.1) is 0 Å². The molecule has 0 aliphatic rings. The first kappa shape index (κ1) is 14.6. The van der Waals surface area contributed by atoms with Crippen LogP contribution >= 0.6 is 0 Å². The minimum atomic E-state index is -3.73. The van der Waals surface area contributed by atoms with Crippen molar-refractivity contribution in [3.63, 3.8) is 0 Å². The molecule has 0 aromatic carbocycles. The van der Waals surface area contributed by atoms with Crippen molar-refractivity contribution in [3.8, 4) is 0 Å². The minimum absolute atomic E-state index is 0.0819. The Morgan fingerprint density at radius 3 is 2.39 bits per heavy atom. The molecular weight excluding hydrogens is 252 g/mol. The minimum Gasteiger partial charge on any atom is -0.350 e. The molecule has 5 nitrogen and oxygen atoms in total. The highest BCUT2D eigenvalue weighted by molar-refractivity contribution is 7.92. The summed E-state index contributed by atoms with van der Waals surface area (Å²) in [5.41, 5.74) is -0.467. The maximum absolute atomic E-state index is 12.1. The highest BCUT2D eigenvalue weighted by Gasteiger charge is 2.32. The third kappa shape index (κ3) is 3.53. The number of sulfone groups is 1. The smallest absolute Gasteiger partial charge is 0.238 e. The van der Waals surface area contributed by atoms with Gasteiger partial charge in [0.15, 0.2) is 5.03 Å². The van der Waals surface area contributed by atoms with Crippen LogP contribution in [0.15, 0.2) is 29.4 Å². The molecule has 0 radical (unpaired) electrons. The van der Waals surface area contributed by atoms with E-state index in [9.17, 15) is 13.2 Å². The lowest BCUT2D eigenvalue weighted by Crippen LogP contribution is -2.47. The molecule has 0 unspecified atom stereocenters. The summed E-state index contributed by atoms with van der Waals surface area (Å²) in [6.07, 6.45) is 1.39. The van der Waals surface area contributed by atoms with Crippen LogP contribution in [0.5, 0.6) is 0 Å². The zero-order valence-electron chi connectivity index (χ0n) is 11.0. The highest BCUT2D eigenvalue weighted by Crippen LogP contribution is 2.14. The van der Waals surface area contributed by atoms with Crippen molar-refractivity contribution in [3.05, 3.63) is 24.4 Å². The van der Waals surface area contributed by atoms with E-state index in [-0.39, 0.29) is 5.03 Å². The molecule has 6 heteroatoms. The quantitative estimate of drug-likeness (QED) is 0.894. The van der Waals surface area contributed by atoms with Gasteiger partial charge in [0.25, 0.3) is 0 Å². The van der Waals surface area contributed by atoms with Crippen molar-refractivity contribution in [2.45, 2.75) is 43.5 Å². The molecule has 1 aromatic rings. The van der Waals surface area contributed by atoms with E-state index in [1.807, 2.05) is 0 Å². The number of nitrogens with zero attached hydrogens (tertiary/aromatic N) is 1. The summed E-state index contributed by atoms with van der Waals surface area (Å²) in [6, 6.07) is 4.59. The Morgan fingerprint density at radius 1 is 1.33 bits per heavy atom. The number of nitrogens with one attached hydrogen (secondary N) is 1. The van der Waals surface area contributed by atoms with E-state index in [1.54, 1.807) is 32.9 Å². The van der Waals surface area contributed by atoms with Crippen molar-refractivity contribution < 1.29 is 13.2 Å². The van der Waals surface area contributed by atoms with Crippen LogP contribution in [0.3, 0.4) is 0 Å². The van der Waals surface area contributed by atoms with Crippen molar-refractivity contribution >= 4 is 15.7 Å². The third-order valence-electron chi connectivity index (χ3n) is 2.26. The molecule has 1 amide bonds. The second-order valence-corrected chi connectivity index (χ2v) is 7.31. The molecule has 0 aliphatic heterocycles. The Kier molecular flexibility index (Phi) is 4.11. The maximum Gasteiger partial charge on any atom is 0.238 e. The molecule has 0 spiro atoms. The normalized spacial score (nSPS) is 14.0. The molecule has 1 atom stereocenters. The van der Waals surface area contributed by atoms with Crippen LogP contribution in [-0.2, 0) is 14.6 Å². The summed E-state index contributed by atoms with van der Waals surface area (Å²) in [5, 5.41) is 1.41. The number of carbonyl (C=O) groups excluding carboxylic acids is 1. The van der Waals surface area contributed by atoms with Gasteiger partial charge >= 0.3 is 0 Å². The number of rotatable bonds is 3. The largest absolute Gasteiger partial charge is 0.350 e. The van der Waals surface area contributed by atoms with Gasteiger partial charge in [0.1, 0.15) is 5.25 Å². The van der Waals surface area contributed by atoms with E-state index in [0.29, 0.717) is 0 Å². The summed E-state index contributed by atoms with van der Waals surface area (Å²) in [4.78, 5) is 15.6. The highest BCUT2D eigenvalue weighted by atomic mass is 32.2. The Hall–Kier alpha value is -1.43. The maximum atomic E-state index is 12.1. The second-order valence-electron chi connectivity index (χ2n) is 5.09. The SMILES string of the molecule is C[C@@H](C(=O)NC(C)(C)C)S(=O)(=O)c1ccccn1. The number of carbonyl (C=O) groups is 1. The van der Waals surface area contributed by atoms with E-state index >= 15 is 0 Å². The molecule has 100 valence electrons. The van der Waals surface area contributed by atoms with E-state index in [1.165, 1.54) is 19.2 Å². The van der Waals surface area contributed by atoms with Gasteiger partial charge in [0, 0.05) is 11.7 Å². The molecule has 1 rings (SSSR count). The van der Waals surface area contributed by atoms with Crippen LogP contribution in [0.4, 0.5) is 0 Å². The van der Waals surface area contributed by atoms with Crippen LogP contribution in [0.1, 0.15) is 27.7 Å². The van der Waals surface area contributed by atoms with Gasteiger partial charge in [-0.3, -0.25) is 4.79 Å². The second kappa shape index (κ2) is 5.06. The number of hydrogen-bond donors (Lipinski definition) is 1. The Morgan fingerprint density at radius 2 is 1.94 bits per heavy atom. The molecule has 0 saturated carbocycles. The fraction of sp³-hybridized carbons (Fsp3) is 0.500. The van der Waals surface area contributed by atoms with E-state index in [2.05, 4.69) is 10.3 Å². The summed E-state index contributed by atoms with van der Waals surface area (Å²) >= 11 is 0. The van der Waals surface area contributed by atoms with Crippen LogP contribution in [0.2, 0.25) is 0 Å². The zero-order chi connectivity index (χ0) is 14.0. The average Bonchev–Trinajstić information content (AvgIpc) is 2.27. The summed E-state index contributed by atoms with van der Waals surface area (Å²) in [5.74, 6) is -0.520.